The third-order valence-electron chi connectivity index (χ3n) is 6.31. The smallest absolute Gasteiger partial charge is 0.414 e. The Balaban J connectivity index is 1.70. The molecule has 8 nitrogen and oxygen atoms in total. The number of nitrogens with one attached hydrogen (secondary N) is 1. The molecule has 3 fully saturated rings. The topological polar surface area (TPSA) is 95.1 Å². The molecule has 2 bridgehead atoms. The molecule has 0 radical (unpaired) electrons. The first-order chi connectivity index (χ1) is 14.7. The maximum atomic E-state index is 13.4. The monoisotopic (exact) mass is 451 g/mol. The van der Waals surface area contributed by atoms with E-state index in [9.17, 15) is 27.6 Å². The first-order valence-electron chi connectivity index (χ1n) is 10.1. The van der Waals surface area contributed by atoms with Gasteiger partial charge in [0.25, 0.3) is 5.91 Å². The molecular formula is C21H22F3N4O4+. The standard InChI is InChI=1S/C21H21F3N4O4/c1-19(2,3)32-18(31)26-10-13-8-15(26)20(4)16(29)27(17(30)28(13)20)12-6-5-11(9-25)14(7-12)21(22,23)24/h5-7,13,15H,8,10H2,1-4H3/p+1/t13?,15?,20-/m1/s1. The Morgan fingerprint density at radius 1 is 1.28 bits per heavy atom. The molecule has 32 heavy (non-hydrogen) atoms. The van der Waals surface area contributed by atoms with Crippen molar-refractivity contribution < 1.29 is 37.2 Å². The number of alkyl halides is 3. The Labute approximate surface area is 182 Å². The lowest BCUT2D eigenvalue weighted by Crippen LogP contribution is -3.20. The van der Waals surface area contributed by atoms with E-state index in [2.05, 4.69) is 0 Å². The summed E-state index contributed by atoms with van der Waals surface area (Å²) in [6.45, 7) is 6.96. The summed E-state index contributed by atoms with van der Waals surface area (Å²) >= 11 is 0. The van der Waals surface area contributed by atoms with E-state index in [0.717, 1.165) is 12.1 Å². The molecule has 0 saturated carbocycles. The van der Waals surface area contributed by atoms with Crippen molar-refractivity contribution in [1.29, 1.82) is 5.26 Å². The summed E-state index contributed by atoms with van der Waals surface area (Å²) in [7, 11) is 0. The summed E-state index contributed by atoms with van der Waals surface area (Å²) in [6.07, 6.45) is -4.94. The number of carbonyl (C=O) groups excluding carboxylic acids is 3. The Kier molecular flexibility index (Phi) is 4.61. The van der Waals surface area contributed by atoms with Crippen molar-refractivity contribution in [3.63, 3.8) is 0 Å². The largest absolute Gasteiger partial charge is 0.515 e. The van der Waals surface area contributed by atoms with Crippen molar-refractivity contribution in [2.75, 3.05) is 11.4 Å². The number of ether oxygens (including phenoxy) is 1. The number of hydrogen-bond acceptors (Lipinski definition) is 5. The summed E-state index contributed by atoms with van der Waals surface area (Å²) < 4.78 is 45.7. The normalized spacial score (nSPS) is 29.4. The van der Waals surface area contributed by atoms with E-state index in [1.165, 1.54) is 17.9 Å². The van der Waals surface area contributed by atoms with E-state index in [4.69, 9.17) is 10.00 Å². The Morgan fingerprint density at radius 2 is 1.94 bits per heavy atom. The number of rotatable bonds is 1. The van der Waals surface area contributed by atoms with Gasteiger partial charge in [0.1, 0.15) is 18.2 Å². The first-order valence-corrected chi connectivity index (χ1v) is 10.1. The number of hydrogen-bond donors (Lipinski definition) is 1. The first kappa shape index (κ1) is 22.1. The Hall–Kier alpha value is -3.13. The van der Waals surface area contributed by atoms with E-state index in [0.29, 0.717) is 22.3 Å². The van der Waals surface area contributed by atoms with Crippen LogP contribution in [-0.2, 0) is 15.7 Å². The molecule has 3 aliphatic rings. The molecule has 1 aromatic rings. The van der Waals surface area contributed by atoms with Crippen LogP contribution in [0.4, 0.5) is 28.4 Å². The second-order valence-electron chi connectivity index (χ2n) is 9.45. The van der Waals surface area contributed by atoms with Gasteiger partial charge in [-0.3, -0.25) is 9.69 Å². The average Bonchev–Trinajstić information content (AvgIpc) is 3.28. The van der Waals surface area contributed by atoms with Crippen LogP contribution in [0.1, 0.15) is 45.2 Å². The van der Waals surface area contributed by atoms with E-state index >= 15 is 0 Å². The van der Waals surface area contributed by atoms with Crippen LogP contribution in [0, 0.1) is 11.3 Å². The third-order valence-corrected chi connectivity index (χ3v) is 6.31. The zero-order valence-electron chi connectivity index (χ0n) is 17.9. The lowest BCUT2D eigenvalue weighted by Gasteiger charge is -2.38. The lowest BCUT2D eigenvalue weighted by atomic mass is 9.92. The maximum absolute atomic E-state index is 13.4. The third kappa shape index (κ3) is 3.04. The van der Waals surface area contributed by atoms with Crippen molar-refractivity contribution in [1.82, 2.24) is 4.90 Å². The zero-order valence-corrected chi connectivity index (χ0v) is 17.9. The molecule has 0 aliphatic carbocycles. The molecule has 0 aromatic heterocycles. The number of piperazine rings is 1. The number of amides is 4. The van der Waals surface area contributed by atoms with Gasteiger partial charge in [-0.2, -0.15) is 23.2 Å². The van der Waals surface area contributed by atoms with Gasteiger partial charge in [0.2, 0.25) is 0 Å². The highest BCUT2D eigenvalue weighted by Crippen LogP contribution is 2.45. The summed E-state index contributed by atoms with van der Waals surface area (Å²) in [5, 5.41) is 9.00. The second kappa shape index (κ2) is 6.68. The molecule has 3 heterocycles. The fraction of sp³-hybridized carbons (Fsp3) is 0.524. The van der Waals surface area contributed by atoms with Gasteiger partial charge in [0.15, 0.2) is 5.54 Å². The quantitative estimate of drug-likeness (QED) is 0.660. The summed E-state index contributed by atoms with van der Waals surface area (Å²) in [4.78, 5) is 41.8. The Morgan fingerprint density at radius 3 is 2.50 bits per heavy atom. The second-order valence-corrected chi connectivity index (χ2v) is 9.45. The number of likely N-dealkylation sites (tertiary alicyclic amines) is 1. The van der Waals surface area contributed by atoms with Gasteiger partial charge >= 0.3 is 18.3 Å². The maximum Gasteiger partial charge on any atom is 0.515 e. The van der Waals surface area contributed by atoms with Crippen LogP contribution in [0.25, 0.3) is 0 Å². The highest BCUT2D eigenvalue weighted by atomic mass is 19.4. The minimum absolute atomic E-state index is 0.253. The number of nitriles is 1. The van der Waals surface area contributed by atoms with Gasteiger partial charge < -0.3 is 4.74 Å². The number of quaternary nitrogens is 1. The van der Waals surface area contributed by atoms with Gasteiger partial charge in [-0.05, 0) is 45.9 Å². The molecule has 3 aliphatic heterocycles. The highest BCUT2D eigenvalue weighted by molar-refractivity contribution is 6.24. The van der Waals surface area contributed by atoms with Crippen molar-refractivity contribution in [3.05, 3.63) is 29.3 Å². The van der Waals surface area contributed by atoms with Crippen LogP contribution < -0.4 is 9.80 Å². The molecule has 0 spiro atoms. The molecule has 1 N–H and O–H groups in total. The van der Waals surface area contributed by atoms with Crippen LogP contribution in [-0.4, -0.2) is 52.7 Å². The zero-order chi connectivity index (χ0) is 23.8. The minimum atomic E-state index is -4.83. The molecular weight excluding hydrogens is 429 g/mol. The fourth-order valence-electron chi connectivity index (χ4n) is 5.03. The molecule has 4 amide bonds. The number of carbonyl (C=O) groups is 3. The predicted molar refractivity (Wildman–Crippen MR) is 104 cm³/mol. The number of imide groups is 1. The average molecular weight is 451 g/mol. The van der Waals surface area contributed by atoms with Gasteiger partial charge in [-0.1, -0.05) is 0 Å². The summed E-state index contributed by atoms with van der Waals surface area (Å²) in [5.74, 6) is -0.700. The molecule has 4 rings (SSSR count). The molecule has 1 aromatic carbocycles. The van der Waals surface area contributed by atoms with Crippen molar-refractivity contribution in [3.8, 4) is 6.07 Å². The van der Waals surface area contributed by atoms with E-state index in [1.807, 2.05) is 0 Å². The van der Waals surface area contributed by atoms with E-state index < -0.39 is 58.6 Å². The number of alkyl carbamates (subject to hydrolysis) is 2. The number of fused-ring (bicyclic) bond motifs is 5. The van der Waals surface area contributed by atoms with Gasteiger partial charge in [0.05, 0.1) is 28.9 Å². The number of anilines is 1. The van der Waals surface area contributed by atoms with Crippen molar-refractivity contribution >= 4 is 23.7 Å². The molecule has 4 atom stereocenters. The molecule has 170 valence electrons. The van der Waals surface area contributed by atoms with Crippen LogP contribution in [0.5, 0.6) is 0 Å². The number of nitrogens with zero attached hydrogens (tertiary/aromatic N) is 3. The minimum Gasteiger partial charge on any atom is -0.414 e. The predicted octanol–water partition coefficient (Wildman–Crippen LogP) is 2.08. The van der Waals surface area contributed by atoms with Crippen molar-refractivity contribution in [2.45, 2.75) is 63.5 Å². The number of benzene rings is 1. The van der Waals surface area contributed by atoms with E-state index in [1.54, 1.807) is 20.8 Å². The number of urea groups is 1. The SMILES string of the molecule is CC(C)(C)OC(=O)[NH+]1CC2CC1[C@]1(C)C(=O)N(c3ccc(C#N)c(C(F)(F)F)c3)C(=O)N21. The van der Waals surface area contributed by atoms with Crippen LogP contribution >= 0.6 is 0 Å². The van der Waals surface area contributed by atoms with E-state index in [-0.39, 0.29) is 12.2 Å². The summed E-state index contributed by atoms with van der Waals surface area (Å²) in [6, 6.07) is 2.47. The highest BCUT2D eigenvalue weighted by Gasteiger charge is 2.73. The summed E-state index contributed by atoms with van der Waals surface area (Å²) in [5.41, 5.74) is -4.21. The lowest BCUT2D eigenvalue weighted by molar-refractivity contribution is -0.848. The van der Waals surface area contributed by atoms with Crippen LogP contribution in [0.15, 0.2) is 18.2 Å². The van der Waals surface area contributed by atoms with Crippen LogP contribution in [0.2, 0.25) is 0 Å². The fourth-order valence-corrected chi connectivity index (χ4v) is 5.03. The number of halogens is 3. The van der Waals surface area contributed by atoms with Gasteiger partial charge in [-0.15, -0.1) is 0 Å². The molecule has 3 saturated heterocycles. The van der Waals surface area contributed by atoms with Crippen molar-refractivity contribution in [2.24, 2.45) is 0 Å². The molecule has 3 unspecified atom stereocenters. The van der Waals surface area contributed by atoms with Gasteiger partial charge in [-0.25, -0.2) is 14.6 Å². The van der Waals surface area contributed by atoms with Gasteiger partial charge in [0, 0.05) is 6.42 Å². The molecule has 11 heteroatoms. The Bertz CT molecular complexity index is 1070. The van der Waals surface area contributed by atoms with Crippen LogP contribution in [0.3, 0.4) is 0 Å².